The lowest BCUT2D eigenvalue weighted by molar-refractivity contribution is -0.115. The number of nitrogens with two attached hydrogens (primary N) is 1. The molecular formula is C14H16N6O2S2. The fourth-order valence-electron chi connectivity index (χ4n) is 1.70. The Balaban J connectivity index is 1.93. The average Bonchev–Trinajstić information content (AvgIpc) is 3.00. The molecule has 0 fully saturated rings. The molecule has 2 aromatic rings. The summed E-state index contributed by atoms with van der Waals surface area (Å²) in [6, 6.07) is 7.23. The highest BCUT2D eigenvalue weighted by Crippen LogP contribution is 2.27. The number of thioether (sulfide) groups is 2. The summed E-state index contributed by atoms with van der Waals surface area (Å²) < 4.78 is 1.56. The van der Waals surface area contributed by atoms with E-state index < -0.39 is 5.91 Å². The molecule has 0 unspecified atom stereocenters. The van der Waals surface area contributed by atoms with Crippen LogP contribution in [0.3, 0.4) is 0 Å². The van der Waals surface area contributed by atoms with Crippen LogP contribution in [-0.2, 0) is 16.1 Å². The number of carbonyl (C=O) groups is 2. The van der Waals surface area contributed by atoms with Gasteiger partial charge in [-0.2, -0.15) is 0 Å². The number of primary amides is 1. The van der Waals surface area contributed by atoms with Gasteiger partial charge in [0.2, 0.25) is 17.0 Å². The number of benzene rings is 1. The van der Waals surface area contributed by atoms with Crippen molar-refractivity contribution in [3.8, 4) is 0 Å². The van der Waals surface area contributed by atoms with E-state index in [-0.39, 0.29) is 17.4 Å². The number of tetrazole rings is 1. The number of rotatable bonds is 9. The molecule has 0 aliphatic rings. The first-order valence-electron chi connectivity index (χ1n) is 6.90. The van der Waals surface area contributed by atoms with Crippen LogP contribution >= 0.6 is 23.5 Å². The topological polar surface area (TPSA) is 116 Å². The summed E-state index contributed by atoms with van der Waals surface area (Å²) >= 11 is 2.51. The maximum atomic E-state index is 12.1. The summed E-state index contributed by atoms with van der Waals surface area (Å²) in [7, 11) is 0. The number of allylic oxidation sites excluding steroid dienone is 1. The number of aromatic nitrogens is 4. The molecule has 0 saturated carbocycles. The number of nitrogens with zero attached hydrogens (tertiary/aromatic N) is 4. The SMILES string of the molecule is C=CCn1nnnc1SCC(=O)Nc1ccccc1SCC(N)=O. The lowest BCUT2D eigenvalue weighted by Crippen LogP contribution is -2.16. The van der Waals surface area contributed by atoms with Gasteiger partial charge < -0.3 is 11.1 Å². The van der Waals surface area contributed by atoms with Gasteiger partial charge in [-0.1, -0.05) is 30.0 Å². The van der Waals surface area contributed by atoms with Gasteiger partial charge in [0.05, 0.1) is 23.7 Å². The molecule has 1 aromatic carbocycles. The molecule has 2 amide bonds. The average molecular weight is 364 g/mol. The first kappa shape index (κ1) is 18.0. The first-order valence-corrected chi connectivity index (χ1v) is 8.87. The molecule has 0 aliphatic heterocycles. The van der Waals surface area contributed by atoms with Crippen LogP contribution in [0.2, 0.25) is 0 Å². The van der Waals surface area contributed by atoms with E-state index >= 15 is 0 Å². The summed E-state index contributed by atoms with van der Waals surface area (Å²) in [4.78, 5) is 23.8. The second kappa shape index (κ2) is 9.08. The Morgan fingerprint density at radius 3 is 2.83 bits per heavy atom. The molecule has 0 aliphatic carbocycles. The highest BCUT2D eigenvalue weighted by atomic mass is 32.2. The van der Waals surface area contributed by atoms with E-state index in [1.165, 1.54) is 23.5 Å². The number of nitrogens with one attached hydrogen (secondary N) is 1. The third kappa shape index (κ3) is 5.39. The highest BCUT2D eigenvalue weighted by Gasteiger charge is 2.11. The Bertz CT molecular complexity index is 734. The van der Waals surface area contributed by atoms with Crippen molar-refractivity contribution in [2.45, 2.75) is 16.6 Å². The van der Waals surface area contributed by atoms with Crippen molar-refractivity contribution in [1.29, 1.82) is 0 Å². The van der Waals surface area contributed by atoms with E-state index in [1.54, 1.807) is 16.8 Å². The molecule has 0 bridgehead atoms. The van der Waals surface area contributed by atoms with Gasteiger partial charge in [0.1, 0.15) is 0 Å². The third-order valence-electron chi connectivity index (χ3n) is 2.66. The Hall–Kier alpha value is -2.33. The van der Waals surface area contributed by atoms with Gasteiger partial charge in [-0.3, -0.25) is 9.59 Å². The van der Waals surface area contributed by atoms with Gasteiger partial charge in [0.15, 0.2) is 0 Å². The molecule has 10 heteroatoms. The number of para-hydroxylation sites is 1. The molecule has 126 valence electrons. The minimum Gasteiger partial charge on any atom is -0.369 e. The lowest BCUT2D eigenvalue weighted by atomic mass is 10.3. The van der Waals surface area contributed by atoms with E-state index in [1.807, 2.05) is 18.2 Å². The molecular weight excluding hydrogens is 348 g/mol. The maximum absolute atomic E-state index is 12.1. The smallest absolute Gasteiger partial charge is 0.234 e. The summed E-state index contributed by atoms with van der Waals surface area (Å²) in [5.41, 5.74) is 5.79. The standard InChI is InChI=1S/C14H16N6O2S2/c1-2-7-20-14(17-18-19-20)24-9-13(22)16-10-5-3-4-6-11(10)23-8-12(15)21/h2-6H,1,7-9H2,(H2,15,21)(H,16,22). The van der Waals surface area contributed by atoms with Crippen molar-refractivity contribution < 1.29 is 9.59 Å². The summed E-state index contributed by atoms with van der Waals surface area (Å²) in [6.45, 7) is 4.10. The van der Waals surface area contributed by atoms with Crippen molar-refractivity contribution in [2.75, 3.05) is 16.8 Å². The number of anilines is 1. The quantitative estimate of drug-likeness (QED) is 0.507. The van der Waals surface area contributed by atoms with Crippen LogP contribution in [0.1, 0.15) is 0 Å². The largest absolute Gasteiger partial charge is 0.369 e. The molecule has 1 heterocycles. The number of hydrogen-bond acceptors (Lipinski definition) is 7. The monoisotopic (exact) mass is 364 g/mol. The summed E-state index contributed by atoms with van der Waals surface area (Å²) in [6.07, 6.45) is 1.67. The van der Waals surface area contributed by atoms with Gasteiger partial charge in [0, 0.05) is 4.90 Å². The lowest BCUT2D eigenvalue weighted by Gasteiger charge is -2.09. The molecule has 8 nitrogen and oxygen atoms in total. The van der Waals surface area contributed by atoms with Crippen molar-refractivity contribution in [3.05, 3.63) is 36.9 Å². The zero-order valence-electron chi connectivity index (χ0n) is 12.7. The molecule has 0 radical (unpaired) electrons. The van der Waals surface area contributed by atoms with Crippen LogP contribution in [0.25, 0.3) is 0 Å². The Morgan fingerprint density at radius 1 is 1.29 bits per heavy atom. The number of hydrogen-bond donors (Lipinski definition) is 2. The number of carbonyl (C=O) groups excluding carboxylic acids is 2. The first-order chi connectivity index (χ1) is 11.6. The van der Waals surface area contributed by atoms with Gasteiger partial charge >= 0.3 is 0 Å². The van der Waals surface area contributed by atoms with Crippen molar-refractivity contribution in [2.24, 2.45) is 5.73 Å². The molecule has 2 rings (SSSR count). The normalized spacial score (nSPS) is 10.3. The van der Waals surface area contributed by atoms with Gasteiger partial charge in [-0.15, -0.1) is 23.4 Å². The zero-order valence-corrected chi connectivity index (χ0v) is 14.3. The predicted octanol–water partition coefficient (Wildman–Crippen LogP) is 1.17. The van der Waals surface area contributed by atoms with Gasteiger partial charge in [0.25, 0.3) is 0 Å². The van der Waals surface area contributed by atoms with Crippen molar-refractivity contribution in [3.63, 3.8) is 0 Å². The minimum absolute atomic E-state index is 0.151. The van der Waals surface area contributed by atoms with E-state index in [4.69, 9.17) is 5.73 Å². The molecule has 0 atom stereocenters. The van der Waals surface area contributed by atoms with Crippen LogP contribution in [0.4, 0.5) is 5.69 Å². The second-order valence-electron chi connectivity index (χ2n) is 4.52. The maximum Gasteiger partial charge on any atom is 0.234 e. The molecule has 24 heavy (non-hydrogen) atoms. The molecule has 1 aromatic heterocycles. The van der Waals surface area contributed by atoms with E-state index in [9.17, 15) is 9.59 Å². The highest BCUT2D eigenvalue weighted by molar-refractivity contribution is 8.00. The number of amides is 2. The minimum atomic E-state index is -0.411. The van der Waals surface area contributed by atoms with Crippen LogP contribution < -0.4 is 11.1 Å². The Morgan fingerprint density at radius 2 is 2.08 bits per heavy atom. The fraction of sp³-hybridized carbons (Fsp3) is 0.214. The van der Waals surface area contributed by atoms with Crippen LogP contribution in [0, 0.1) is 0 Å². The zero-order chi connectivity index (χ0) is 17.4. The van der Waals surface area contributed by atoms with E-state index in [0.29, 0.717) is 17.4 Å². The van der Waals surface area contributed by atoms with Crippen LogP contribution in [-0.4, -0.2) is 43.5 Å². The van der Waals surface area contributed by atoms with Crippen LogP contribution in [0.5, 0.6) is 0 Å². The van der Waals surface area contributed by atoms with Crippen LogP contribution in [0.15, 0.2) is 47.0 Å². The summed E-state index contributed by atoms with van der Waals surface area (Å²) in [5.74, 6) is -0.296. The third-order valence-corrected chi connectivity index (χ3v) is 4.72. The van der Waals surface area contributed by atoms with Gasteiger partial charge in [-0.05, 0) is 22.6 Å². The van der Waals surface area contributed by atoms with Gasteiger partial charge in [-0.25, -0.2) is 4.68 Å². The molecule has 0 spiro atoms. The second-order valence-corrected chi connectivity index (χ2v) is 6.48. The Labute approximate surface area is 147 Å². The van der Waals surface area contributed by atoms with Crippen molar-refractivity contribution in [1.82, 2.24) is 20.2 Å². The van der Waals surface area contributed by atoms with E-state index in [2.05, 4.69) is 27.4 Å². The van der Waals surface area contributed by atoms with Crippen molar-refractivity contribution >= 4 is 41.0 Å². The predicted molar refractivity (Wildman–Crippen MR) is 93.7 cm³/mol. The van der Waals surface area contributed by atoms with E-state index in [0.717, 1.165) is 4.90 Å². The Kier molecular flexibility index (Phi) is 6.82. The summed E-state index contributed by atoms with van der Waals surface area (Å²) in [5, 5.41) is 14.6. The molecule has 0 saturated heterocycles. The fourth-order valence-corrected chi connectivity index (χ4v) is 3.13. The molecule has 3 N–H and O–H groups in total.